The molecule has 2 atom stereocenters. The first-order chi connectivity index (χ1) is 7.20. The van der Waals surface area contributed by atoms with Crippen molar-refractivity contribution in [2.24, 2.45) is 11.3 Å². The summed E-state index contributed by atoms with van der Waals surface area (Å²) in [5, 5.41) is 0. The molecule has 0 aromatic rings. The molecule has 1 fully saturated rings. The molecule has 4 nitrogen and oxygen atoms in total. The van der Waals surface area contributed by atoms with Crippen LogP contribution in [-0.4, -0.2) is 40.1 Å². The van der Waals surface area contributed by atoms with Crippen LogP contribution in [0.4, 0.5) is 0 Å². The van der Waals surface area contributed by atoms with Gasteiger partial charge in [0, 0.05) is 22.0 Å². The highest BCUT2D eigenvalue weighted by Crippen LogP contribution is 2.24. The number of hydrogen-bond donors (Lipinski definition) is 0. The maximum atomic E-state index is 11.0. The molecule has 1 rings (SSSR count). The van der Waals surface area contributed by atoms with E-state index in [2.05, 4.69) is 6.92 Å². The summed E-state index contributed by atoms with van der Waals surface area (Å²) in [4.78, 5) is 0. The van der Waals surface area contributed by atoms with Crippen molar-refractivity contribution in [3.05, 3.63) is 0 Å². The monoisotopic (exact) mass is 270 g/mol. The van der Waals surface area contributed by atoms with Crippen LogP contribution < -0.4 is 0 Å². The Morgan fingerprint density at radius 3 is 2.50 bits per heavy atom. The van der Waals surface area contributed by atoms with Crippen LogP contribution in [0.2, 0.25) is 0 Å². The van der Waals surface area contributed by atoms with Crippen molar-refractivity contribution in [1.29, 1.82) is 0 Å². The van der Waals surface area contributed by atoms with Gasteiger partial charge in [-0.3, -0.25) is 0 Å². The third kappa shape index (κ3) is 4.99. The average Bonchev–Trinajstić information content (AvgIpc) is 2.43. The van der Waals surface area contributed by atoms with Gasteiger partial charge >= 0.3 is 0 Å². The van der Waals surface area contributed by atoms with Crippen LogP contribution in [0.1, 0.15) is 20.8 Å². The van der Waals surface area contributed by atoms with E-state index in [9.17, 15) is 8.42 Å². The molecule has 6 heteroatoms. The Kier molecular flexibility index (Phi) is 4.63. The zero-order valence-corrected chi connectivity index (χ0v) is 11.5. The largest absolute Gasteiger partial charge is 0.378 e. The Hall–Kier alpha value is 0.160. The highest BCUT2D eigenvalue weighted by molar-refractivity contribution is 8.13. The van der Waals surface area contributed by atoms with Crippen molar-refractivity contribution >= 4 is 19.7 Å². The lowest BCUT2D eigenvalue weighted by molar-refractivity contribution is -0.00764. The van der Waals surface area contributed by atoms with E-state index in [1.807, 2.05) is 13.8 Å². The molecule has 0 bridgehead atoms. The fraction of sp³-hybridized carbons (Fsp3) is 1.00. The SMILES string of the molecule is CC1COCC1OCC(C)(C)CS(=O)(=O)Cl. The van der Waals surface area contributed by atoms with Gasteiger partial charge < -0.3 is 9.47 Å². The van der Waals surface area contributed by atoms with Gasteiger partial charge in [0.25, 0.3) is 0 Å². The fourth-order valence-corrected chi connectivity index (χ4v) is 3.60. The van der Waals surface area contributed by atoms with Gasteiger partial charge in [-0.2, -0.15) is 0 Å². The maximum absolute atomic E-state index is 11.0. The first kappa shape index (κ1) is 14.2. The van der Waals surface area contributed by atoms with Crippen molar-refractivity contribution < 1.29 is 17.9 Å². The number of rotatable bonds is 5. The van der Waals surface area contributed by atoms with Crippen molar-refractivity contribution in [1.82, 2.24) is 0 Å². The van der Waals surface area contributed by atoms with Crippen LogP contribution in [0.25, 0.3) is 0 Å². The second-order valence-corrected chi connectivity index (χ2v) is 7.99. The standard InChI is InChI=1S/C10H19ClO4S/c1-8-4-14-5-9(8)15-6-10(2,3)7-16(11,12)13/h8-9H,4-7H2,1-3H3. The van der Waals surface area contributed by atoms with E-state index in [1.54, 1.807) is 0 Å². The molecule has 1 heterocycles. The Morgan fingerprint density at radius 1 is 1.44 bits per heavy atom. The van der Waals surface area contributed by atoms with E-state index in [-0.39, 0.29) is 11.9 Å². The third-order valence-corrected chi connectivity index (χ3v) is 4.00. The van der Waals surface area contributed by atoms with E-state index in [4.69, 9.17) is 20.2 Å². The van der Waals surface area contributed by atoms with E-state index < -0.39 is 14.5 Å². The lowest BCUT2D eigenvalue weighted by atomic mass is 9.98. The van der Waals surface area contributed by atoms with Crippen molar-refractivity contribution in [3.63, 3.8) is 0 Å². The van der Waals surface area contributed by atoms with Crippen LogP contribution in [0, 0.1) is 11.3 Å². The highest BCUT2D eigenvalue weighted by atomic mass is 35.7. The van der Waals surface area contributed by atoms with Crippen molar-refractivity contribution in [3.8, 4) is 0 Å². The first-order valence-electron chi connectivity index (χ1n) is 5.31. The minimum absolute atomic E-state index is 0.0669. The van der Waals surface area contributed by atoms with E-state index in [0.29, 0.717) is 25.7 Å². The minimum atomic E-state index is -3.48. The molecule has 96 valence electrons. The molecule has 0 N–H and O–H groups in total. The number of halogens is 1. The smallest absolute Gasteiger partial charge is 0.233 e. The van der Waals surface area contributed by atoms with Gasteiger partial charge in [0.15, 0.2) is 0 Å². The van der Waals surface area contributed by atoms with Crippen LogP contribution >= 0.6 is 10.7 Å². The molecule has 16 heavy (non-hydrogen) atoms. The van der Waals surface area contributed by atoms with Crippen LogP contribution in [0.15, 0.2) is 0 Å². The van der Waals surface area contributed by atoms with E-state index in [1.165, 1.54) is 0 Å². The second-order valence-electron chi connectivity index (χ2n) is 5.21. The first-order valence-corrected chi connectivity index (χ1v) is 7.79. The molecule has 1 aliphatic heterocycles. The van der Waals surface area contributed by atoms with Gasteiger partial charge in [-0.25, -0.2) is 8.42 Å². The predicted molar refractivity (Wildman–Crippen MR) is 63.1 cm³/mol. The normalized spacial score (nSPS) is 27.2. The van der Waals surface area contributed by atoms with Crippen molar-refractivity contribution in [2.75, 3.05) is 25.6 Å². The van der Waals surface area contributed by atoms with Gasteiger partial charge in [-0.1, -0.05) is 20.8 Å². The molecule has 2 unspecified atom stereocenters. The maximum Gasteiger partial charge on any atom is 0.233 e. The summed E-state index contributed by atoms with van der Waals surface area (Å²) in [6.45, 7) is 7.38. The third-order valence-electron chi connectivity index (χ3n) is 2.55. The summed E-state index contributed by atoms with van der Waals surface area (Å²) in [5.74, 6) is 0.284. The van der Waals surface area contributed by atoms with Gasteiger partial charge in [-0.05, 0) is 0 Å². The van der Waals surface area contributed by atoms with Crippen LogP contribution in [0.3, 0.4) is 0 Å². The highest BCUT2D eigenvalue weighted by Gasteiger charge is 2.30. The molecule has 0 spiro atoms. The summed E-state index contributed by atoms with van der Waals surface area (Å²) in [5.41, 5.74) is -0.469. The predicted octanol–water partition coefficient (Wildman–Crippen LogP) is 1.63. The Balaban J connectivity index is 2.41. The number of ether oxygens (including phenoxy) is 2. The molecule has 0 saturated carbocycles. The molecule has 0 amide bonds. The molecule has 0 aliphatic carbocycles. The summed E-state index contributed by atoms with van der Waals surface area (Å²) in [6, 6.07) is 0. The topological polar surface area (TPSA) is 52.6 Å². The lowest BCUT2D eigenvalue weighted by Crippen LogP contribution is -2.31. The molecule has 1 saturated heterocycles. The Morgan fingerprint density at radius 2 is 2.06 bits per heavy atom. The minimum Gasteiger partial charge on any atom is -0.378 e. The molecular formula is C10H19ClO4S. The Bertz CT molecular complexity index is 326. The molecule has 0 aromatic heterocycles. The summed E-state index contributed by atoms with van der Waals surface area (Å²) >= 11 is 0. The quantitative estimate of drug-likeness (QED) is 0.713. The van der Waals surface area contributed by atoms with E-state index >= 15 is 0 Å². The van der Waals surface area contributed by atoms with Gasteiger partial charge in [0.2, 0.25) is 9.05 Å². The van der Waals surface area contributed by atoms with Gasteiger partial charge in [0.1, 0.15) is 0 Å². The van der Waals surface area contributed by atoms with Crippen LogP contribution in [0.5, 0.6) is 0 Å². The second kappa shape index (κ2) is 5.21. The molecule has 0 aromatic carbocycles. The average molecular weight is 271 g/mol. The zero-order valence-electron chi connectivity index (χ0n) is 9.90. The zero-order chi connectivity index (χ0) is 12.4. The van der Waals surface area contributed by atoms with Crippen LogP contribution in [-0.2, 0) is 18.5 Å². The van der Waals surface area contributed by atoms with Gasteiger partial charge in [-0.15, -0.1) is 0 Å². The van der Waals surface area contributed by atoms with E-state index in [0.717, 1.165) is 0 Å². The lowest BCUT2D eigenvalue weighted by Gasteiger charge is -2.25. The summed E-state index contributed by atoms with van der Waals surface area (Å²) in [7, 11) is 1.75. The summed E-state index contributed by atoms with van der Waals surface area (Å²) in [6.07, 6.45) is 0.0669. The number of hydrogen-bond acceptors (Lipinski definition) is 4. The Labute approximate surface area is 102 Å². The molecule has 1 aliphatic rings. The van der Waals surface area contributed by atoms with Crippen molar-refractivity contribution in [2.45, 2.75) is 26.9 Å². The molecular weight excluding hydrogens is 252 g/mol. The summed E-state index contributed by atoms with van der Waals surface area (Å²) < 4.78 is 32.9. The molecule has 0 radical (unpaired) electrons. The van der Waals surface area contributed by atoms with Gasteiger partial charge in [0.05, 0.1) is 31.7 Å². The fourth-order valence-electron chi connectivity index (χ4n) is 1.70.